The van der Waals surface area contributed by atoms with Gasteiger partial charge in [-0.15, -0.1) is 0 Å². The van der Waals surface area contributed by atoms with E-state index in [-0.39, 0.29) is 5.91 Å². The molecular formula is C11H18N4O. The van der Waals surface area contributed by atoms with E-state index in [1.165, 1.54) is 0 Å². The maximum absolute atomic E-state index is 11.3. The lowest BCUT2D eigenvalue weighted by molar-refractivity contribution is -0.122. The zero-order valence-corrected chi connectivity index (χ0v) is 9.90. The van der Waals surface area contributed by atoms with Crippen molar-refractivity contribution in [1.82, 2.24) is 10.3 Å². The van der Waals surface area contributed by atoms with Gasteiger partial charge in [-0.1, -0.05) is 6.07 Å². The van der Waals surface area contributed by atoms with E-state index in [4.69, 9.17) is 5.73 Å². The molecule has 5 heteroatoms. The summed E-state index contributed by atoms with van der Waals surface area (Å²) in [6, 6.07) is 3.30. The highest BCUT2D eigenvalue weighted by Crippen LogP contribution is 2.13. The summed E-state index contributed by atoms with van der Waals surface area (Å²) in [5.41, 5.74) is 6.43. The van der Waals surface area contributed by atoms with E-state index in [0.717, 1.165) is 11.4 Å². The average molecular weight is 222 g/mol. The van der Waals surface area contributed by atoms with E-state index in [0.29, 0.717) is 6.54 Å². The normalized spacial score (nSPS) is 12.0. The molecule has 1 aromatic rings. The van der Waals surface area contributed by atoms with Crippen molar-refractivity contribution in [3.63, 3.8) is 0 Å². The quantitative estimate of drug-likeness (QED) is 0.758. The van der Waals surface area contributed by atoms with Crippen molar-refractivity contribution in [1.29, 1.82) is 0 Å². The number of anilines is 1. The molecule has 0 aliphatic heterocycles. The summed E-state index contributed by atoms with van der Waals surface area (Å²) in [5.74, 6) is 0.695. The fourth-order valence-electron chi connectivity index (χ4n) is 1.31. The Kier molecular flexibility index (Phi) is 4.25. The first-order valence-electron chi connectivity index (χ1n) is 5.17. The molecule has 1 atom stereocenters. The molecule has 1 aromatic heterocycles. The van der Waals surface area contributed by atoms with E-state index < -0.39 is 6.04 Å². The number of carbonyl (C=O) groups excluding carboxylic acids is 1. The van der Waals surface area contributed by atoms with Gasteiger partial charge in [-0.25, -0.2) is 4.98 Å². The number of nitrogens with zero attached hydrogens (tertiary/aromatic N) is 2. The second-order valence-corrected chi connectivity index (χ2v) is 3.89. The Balaban J connectivity index is 2.70. The molecule has 3 N–H and O–H groups in total. The van der Waals surface area contributed by atoms with E-state index >= 15 is 0 Å². The van der Waals surface area contributed by atoms with Crippen LogP contribution in [0.5, 0.6) is 0 Å². The summed E-state index contributed by atoms with van der Waals surface area (Å²) >= 11 is 0. The first kappa shape index (κ1) is 12.4. The lowest BCUT2D eigenvalue weighted by Gasteiger charge is -2.16. The molecule has 88 valence electrons. The summed E-state index contributed by atoms with van der Waals surface area (Å²) in [6.45, 7) is 2.10. The minimum absolute atomic E-state index is 0.159. The Morgan fingerprint density at radius 3 is 2.88 bits per heavy atom. The molecule has 16 heavy (non-hydrogen) atoms. The van der Waals surface area contributed by atoms with Crippen LogP contribution < -0.4 is 16.0 Å². The number of nitrogens with one attached hydrogen (secondary N) is 1. The van der Waals surface area contributed by atoms with Gasteiger partial charge in [0.1, 0.15) is 5.82 Å². The van der Waals surface area contributed by atoms with Crippen molar-refractivity contribution in [3.8, 4) is 0 Å². The van der Waals surface area contributed by atoms with Crippen LogP contribution in [-0.4, -0.2) is 31.0 Å². The van der Waals surface area contributed by atoms with Gasteiger partial charge in [0.25, 0.3) is 0 Å². The number of aromatic nitrogens is 1. The third-order valence-corrected chi connectivity index (χ3v) is 2.16. The highest BCUT2D eigenvalue weighted by Gasteiger charge is 2.09. The van der Waals surface area contributed by atoms with Gasteiger partial charge in [0, 0.05) is 32.4 Å². The Morgan fingerprint density at radius 2 is 2.31 bits per heavy atom. The van der Waals surface area contributed by atoms with E-state index in [1.54, 1.807) is 13.1 Å². The standard InChI is InChI=1S/C11H18N4O/c1-8(12)11(16)14-7-9-5-4-6-13-10(9)15(2)3/h4-6,8H,7,12H2,1-3H3,(H,14,16)/t8-/m1/s1. The Hall–Kier alpha value is -1.62. The second kappa shape index (κ2) is 5.46. The van der Waals surface area contributed by atoms with Crippen LogP contribution in [0.15, 0.2) is 18.3 Å². The average Bonchev–Trinajstić information content (AvgIpc) is 2.25. The summed E-state index contributed by atoms with van der Waals surface area (Å²) in [6.07, 6.45) is 1.73. The highest BCUT2D eigenvalue weighted by atomic mass is 16.2. The van der Waals surface area contributed by atoms with Crippen molar-refractivity contribution in [3.05, 3.63) is 23.9 Å². The van der Waals surface area contributed by atoms with Gasteiger partial charge in [-0.05, 0) is 13.0 Å². The number of carbonyl (C=O) groups is 1. The molecule has 0 saturated heterocycles. The summed E-state index contributed by atoms with van der Waals surface area (Å²) < 4.78 is 0. The third kappa shape index (κ3) is 3.20. The molecule has 0 saturated carbocycles. The fourth-order valence-corrected chi connectivity index (χ4v) is 1.31. The smallest absolute Gasteiger partial charge is 0.236 e. The van der Waals surface area contributed by atoms with Gasteiger partial charge in [0.15, 0.2) is 0 Å². The number of pyridine rings is 1. The minimum Gasteiger partial charge on any atom is -0.362 e. The second-order valence-electron chi connectivity index (χ2n) is 3.89. The van der Waals surface area contributed by atoms with Gasteiger partial charge in [0.2, 0.25) is 5.91 Å². The van der Waals surface area contributed by atoms with Crippen LogP contribution in [0, 0.1) is 0 Å². The van der Waals surface area contributed by atoms with Gasteiger partial charge >= 0.3 is 0 Å². The SMILES string of the molecule is C[C@@H](N)C(=O)NCc1cccnc1N(C)C. The van der Waals surface area contributed by atoms with Crippen molar-refractivity contribution in [2.45, 2.75) is 19.5 Å². The van der Waals surface area contributed by atoms with Crippen LogP contribution >= 0.6 is 0 Å². The molecule has 0 unspecified atom stereocenters. The van der Waals surface area contributed by atoms with Gasteiger partial charge < -0.3 is 16.0 Å². The Labute approximate surface area is 95.7 Å². The third-order valence-electron chi connectivity index (χ3n) is 2.16. The van der Waals surface area contributed by atoms with Crippen LogP contribution in [0.1, 0.15) is 12.5 Å². The zero-order chi connectivity index (χ0) is 12.1. The molecular weight excluding hydrogens is 204 g/mol. The van der Waals surface area contributed by atoms with Crippen molar-refractivity contribution in [2.75, 3.05) is 19.0 Å². The Morgan fingerprint density at radius 1 is 1.62 bits per heavy atom. The monoisotopic (exact) mass is 222 g/mol. The Bertz CT molecular complexity index is 363. The van der Waals surface area contributed by atoms with Gasteiger partial charge in [-0.3, -0.25) is 4.79 Å². The molecule has 1 heterocycles. The van der Waals surface area contributed by atoms with Crippen LogP contribution in [-0.2, 0) is 11.3 Å². The van der Waals surface area contributed by atoms with Crippen LogP contribution in [0.25, 0.3) is 0 Å². The van der Waals surface area contributed by atoms with E-state index in [2.05, 4.69) is 10.3 Å². The maximum atomic E-state index is 11.3. The maximum Gasteiger partial charge on any atom is 0.236 e. The number of hydrogen-bond donors (Lipinski definition) is 2. The molecule has 0 aliphatic carbocycles. The van der Waals surface area contributed by atoms with Gasteiger partial charge in [0.05, 0.1) is 6.04 Å². The van der Waals surface area contributed by atoms with Crippen LogP contribution in [0.4, 0.5) is 5.82 Å². The predicted octanol–water partition coefficient (Wildman–Crippen LogP) is 0.111. The molecule has 1 amide bonds. The fraction of sp³-hybridized carbons (Fsp3) is 0.455. The van der Waals surface area contributed by atoms with E-state index in [1.807, 2.05) is 31.1 Å². The lowest BCUT2D eigenvalue weighted by atomic mass is 10.2. The van der Waals surface area contributed by atoms with Crippen molar-refractivity contribution < 1.29 is 4.79 Å². The van der Waals surface area contributed by atoms with Crippen LogP contribution in [0.3, 0.4) is 0 Å². The molecule has 0 radical (unpaired) electrons. The minimum atomic E-state index is -0.487. The molecule has 0 spiro atoms. The highest BCUT2D eigenvalue weighted by molar-refractivity contribution is 5.81. The number of hydrogen-bond acceptors (Lipinski definition) is 4. The number of nitrogens with two attached hydrogens (primary N) is 1. The summed E-state index contributed by atoms with van der Waals surface area (Å²) in [7, 11) is 3.83. The molecule has 0 bridgehead atoms. The molecule has 5 nitrogen and oxygen atoms in total. The first-order chi connectivity index (χ1) is 7.52. The summed E-state index contributed by atoms with van der Waals surface area (Å²) in [5, 5.41) is 2.76. The largest absolute Gasteiger partial charge is 0.362 e. The zero-order valence-electron chi connectivity index (χ0n) is 9.90. The van der Waals surface area contributed by atoms with E-state index in [9.17, 15) is 4.79 Å². The molecule has 0 aromatic carbocycles. The van der Waals surface area contributed by atoms with Crippen molar-refractivity contribution in [2.24, 2.45) is 5.73 Å². The lowest BCUT2D eigenvalue weighted by Crippen LogP contribution is -2.38. The molecule has 0 aliphatic rings. The molecule has 1 rings (SSSR count). The number of amides is 1. The first-order valence-corrected chi connectivity index (χ1v) is 5.17. The van der Waals surface area contributed by atoms with Gasteiger partial charge in [-0.2, -0.15) is 0 Å². The summed E-state index contributed by atoms with van der Waals surface area (Å²) in [4.78, 5) is 17.5. The molecule has 0 fully saturated rings. The number of rotatable bonds is 4. The van der Waals surface area contributed by atoms with Crippen LogP contribution in [0.2, 0.25) is 0 Å². The van der Waals surface area contributed by atoms with Crippen molar-refractivity contribution >= 4 is 11.7 Å². The topological polar surface area (TPSA) is 71.2 Å². The predicted molar refractivity (Wildman–Crippen MR) is 64.1 cm³/mol.